The van der Waals surface area contributed by atoms with Crippen LogP contribution in [0.5, 0.6) is 0 Å². The molecule has 0 aromatic heterocycles. The highest BCUT2D eigenvalue weighted by molar-refractivity contribution is 5.83. The summed E-state index contributed by atoms with van der Waals surface area (Å²) in [4.78, 5) is 88.6. The van der Waals surface area contributed by atoms with Crippen molar-refractivity contribution < 1.29 is 78.9 Å². The van der Waals surface area contributed by atoms with Gasteiger partial charge in [0.2, 0.25) is 5.91 Å². The quantitative estimate of drug-likeness (QED) is 0.0747. The van der Waals surface area contributed by atoms with Gasteiger partial charge in [-0.2, -0.15) is 0 Å². The maximum Gasteiger partial charge on any atom is 0.321 e. The molecular weight excluding hydrogens is 658 g/mol. The minimum Gasteiger partial charge on any atom is -0.481 e. The van der Waals surface area contributed by atoms with Crippen molar-refractivity contribution in [3.63, 3.8) is 0 Å². The number of amides is 3. The minimum absolute atomic E-state index is 0.310. The van der Waals surface area contributed by atoms with Crippen molar-refractivity contribution in [1.29, 1.82) is 0 Å². The summed E-state index contributed by atoms with van der Waals surface area (Å²) in [5.41, 5.74) is 38.9. The van der Waals surface area contributed by atoms with E-state index in [4.69, 9.17) is 75.9 Å². The lowest BCUT2D eigenvalue weighted by atomic mass is 10.2. The molecule has 0 unspecified atom stereocenters. The smallest absolute Gasteiger partial charge is 0.321 e. The van der Waals surface area contributed by atoms with E-state index < -0.39 is 96.4 Å². The predicted octanol–water partition coefficient (Wildman–Crippen LogP) is -5.75. The zero-order valence-corrected chi connectivity index (χ0v) is 26.4. The van der Waals surface area contributed by atoms with Gasteiger partial charge in [0.15, 0.2) is 0 Å². The molecule has 0 fully saturated rings. The molecule has 0 aliphatic rings. The van der Waals surface area contributed by atoms with Crippen molar-refractivity contribution in [1.82, 2.24) is 5.32 Å². The molecule has 24 N–H and O–H groups in total. The molecular formula is C23H49N9O16. The molecule has 0 radical (unpaired) electrons. The van der Waals surface area contributed by atoms with Crippen LogP contribution in [0.15, 0.2) is 0 Å². The van der Waals surface area contributed by atoms with Crippen molar-refractivity contribution in [3.05, 3.63) is 0 Å². The van der Waals surface area contributed by atoms with Crippen LogP contribution in [-0.2, 0) is 38.4 Å². The van der Waals surface area contributed by atoms with E-state index in [1.54, 1.807) is 0 Å². The predicted molar refractivity (Wildman–Crippen MR) is 164 cm³/mol. The summed E-state index contributed by atoms with van der Waals surface area (Å²) in [5, 5.41) is 58.4. The van der Waals surface area contributed by atoms with E-state index in [0.29, 0.717) is 19.4 Å². The van der Waals surface area contributed by atoms with Crippen LogP contribution < -0.4 is 51.2 Å². The number of rotatable bonds is 14. The molecule has 0 aliphatic carbocycles. The van der Waals surface area contributed by atoms with Crippen LogP contribution in [0.3, 0.4) is 0 Å². The van der Waals surface area contributed by atoms with Gasteiger partial charge in [-0.1, -0.05) is 0 Å². The van der Waals surface area contributed by atoms with E-state index in [0.717, 1.165) is 0 Å². The third-order valence-corrected chi connectivity index (χ3v) is 3.93. The summed E-state index contributed by atoms with van der Waals surface area (Å²) in [6.45, 7) is 4.61. The summed E-state index contributed by atoms with van der Waals surface area (Å²) in [6, 6.07) is -6.12. The topological polar surface area (TPSA) is 515 Å². The lowest BCUT2D eigenvalue weighted by molar-refractivity contribution is -0.144. The second kappa shape index (κ2) is 33.2. The number of aliphatic carboxylic acids is 7. The molecule has 0 rings (SSSR count). The van der Waals surface area contributed by atoms with E-state index in [1.807, 2.05) is 0 Å². The molecule has 0 aliphatic heterocycles. The Balaban J connectivity index is -0.000000113. The average Bonchev–Trinajstić information content (AvgIpc) is 2.91. The van der Waals surface area contributed by atoms with Gasteiger partial charge in [0.1, 0.15) is 36.3 Å². The number of primary amides is 2. The average molecular weight is 708 g/mol. The lowest BCUT2D eigenvalue weighted by Crippen LogP contribution is -2.34. The zero-order chi connectivity index (χ0) is 39.9. The Kier molecular flexibility index (Phi) is 38.1. The highest BCUT2D eigenvalue weighted by atomic mass is 16.4. The first-order valence-corrected chi connectivity index (χ1v) is 13.0. The number of urea groups is 1. The van der Waals surface area contributed by atoms with Crippen molar-refractivity contribution >= 4 is 53.7 Å². The summed E-state index contributed by atoms with van der Waals surface area (Å²) in [5.74, 6) is -8.34. The van der Waals surface area contributed by atoms with Crippen LogP contribution in [0, 0.1) is 0 Å². The Bertz CT molecular complexity index is 935. The van der Waals surface area contributed by atoms with Crippen LogP contribution >= 0.6 is 0 Å². The van der Waals surface area contributed by atoms with Crippen LogP contribution in [-0.4, -0.2) is 132 Å². The summed E-state index contributed by atoms with van der Waals surface area (Å²) < 4.78 is 0. The van der Waals surface area contributed by atoms with Crippen LogP contribution in [0.25, 0.3) is 0 Å². The SMILES string of the molecule is C[C@H](N)C(=O)O.C[C@H](N)C(=O)O.C[C@H](N)C(=O)O.NC(=O)C[C@H](N)C(=O)O.NC(=O)NCCC[C@H](N)C(=O)O.N[C@@H](CC(=O)O)C(=O)O. The molecule has 25 heteroatoms. The van der Waals surface area contributed by atoms with E-state index in [9.17, 15) is 43.2 Å². The molecule has 0 aromatic rings. The fourth-order valence-electron chi connectivity index (χ4n) is 1.24. The first-order chi connectivity index (χ1) is 21.5. The van der Waals surface area contributed by atoms with Gasteiger partial charge in [-0.05, 0) is 33.6 Å². The minimum atomic E-state index is -1.29. The van der Waals surface area contributed by atoms with Crippen LogP contribution in [0.1, 0.15) is 46.5 Å². The monoisotopic (exact) mass is 707 g/mol. The van der Waals surface area contributed by atoms with Gasteiger partial charge in [-0.25, -0.2) is 4.79 Å². The molecule has 0 saturated heterocycles. The second-order valence-corrected chi connectivity index (χ2v) is 8.92. The molecule has 0 saturated carbocycles. The van der Waals surface area contributed by atoms with E-state index in [1.165, 1.54) is 20.8 Å². The normalized spacial score (nSPS) is 12.9. The van der Waals surface area contributed by atoms with Crippen molar-refractivity contribution in [2.45, 2.75) is 82.7 Å². The highest BCUT2D eigenvalue weighted by Crippen LogP contribution is 1.92. The Labute approximate surface area is 273 Å². The highest BCUT2D eigenvalue weighted by Gasteiger charge is 2.15. The van der Waals surface area contributed by atoms with Gasteiger partial charge >= 0.3 is 47.8 Å². The molecule has 0 spiro atoms. The number of carboxylic acid groups (broad SMARTS) is 7. The van der Waals surface area contributed by atoms with Crippen molar-refractivity contribution in [2.24, 2.45) is 45.9 Å². The van der Waals surface area contributed by atoms with Crippen LogP contribution in [0.4, 0.5) is 4.79 Å². The van der Waals surface area contributed by atoms with E-state index >= 15 is 0 Å². The fraction of sp³-hybridized carbons (Fsp3) is 0.609. The number of hydrogen-bond acceptors (Lipinski definition) is 15. The Morgan fingerprint density at radius 3 is 0.917 bits per heavy atom. The Morgan fingerprint density at radius 1 is 0.500 bits per heavy atom. The summed E-state index contributed by atoms with van der Waals surface area (Å²) in [6.07, 6.45) is -0.00329. The Morgan fingerprint density at radius 2 is 0.771 bits per heavy atom. The van der Waals surface area contributed by atoms with Gasteiger partial charge in [0.05, 0.1) is 12.8 Å². The standard InChI is InChI=1S/C6H13N3O3.C4H8N2O3.C4H7NO4.3C3H7NO2/c7-4(5(10)11)2-1-3-9-6(8)12;2*5-2(4(8)9)1-3(6)7;3*1-2(4)3(5)6/h4H,1-3,7H2,(H,10,11)(H3,8,9,12);2H,1,5H2,(H2,6,7)(H,8,9);2H,1,5H2,(H,6,7)(H,8,9);3*2H,4H2,1H3,(H,5,6)/t4-;5*2-/m000000/s1. The number of carboxylic acids is 7. The Hall–Kier alpha value is -5.21. The van der Waals surface area contributed by atoms with Gasteiger partial charge in [-0.3, -0.25) is 38.4 Å². The first kappa shape index (κ1) is 55.2. The van der Waals surface area contributed by atoms with Gasteiger partial charge in [0.25, 0.3) is 0 Å². The lowest BCUT2D eigenvalue weighted by Gasteiger charge is -2.05. The molecule has 0 heterocycles. The zero-order valence-electron chi connectivity index (χ0n) is 26.4. The van der Waals surface area contributed by atoms with Gasteiger partial charge < -0.3 is 86.9 Å². The van der Waals surface area contributed by atoms with Gasteiger partial charge in [-0.15, -0.1) is 0 Å². The van der Waals surface area contributed by atoms with E-state index in [2.05, 4.69) is 11.1 Å². The van der Waals surface area contributed by atoms with Gasteiger partial charge in [0, 0.05) is 6.54 Å². The number of nitrogens with two attached hydrogens (primary N) is 8. The third kappa shape index (κ3) is 56.6. The van der Waals surface area contributed by atoms with E-state index in [-0.39, 0.29) is 6.42 Å². The first-order valence-electron chi connectivity index (χ1n) is 13.0. The fourth-order valence-corrected chi connectivity index (χ4v) is 1.24. The van der Waals surface area contributed by atoms with Crippen molar-refractivity contribution in [3.8, 4) is 0 Å². The molecule has 0 bridgehead atoms. The number of carbonyl (C=O) groups excluding carboxylic acids is 2. The second-order valence-electron chi connectivity index (χ2n) is 8.92. The largest absolute Gasteiger partial charge is 0.481 e. The number of carbonyl (C=O) groups is 9. The number of hydrogen-bond donors (Lipinski definition) is 16. The van der Waals surface area contributed by atoms with Crippen molar-refractivity contribution in [2.75, 3.05) is 6.54 Å². The summed E-state index contributed by atoms with van der Waals surface area (Å²) >= 11 is 0. The molecule has 0 aromatic carbocycles. The molecule has 3 amide bonds. The maximum absolute atomic E-state index is 10.2. The molecule has 282 valence electrons. The van der Waals surface area contributed by atoms with Crippen LogP contribution in [0.2, 0.25) is 0 Å². The summed E-state index contributed by atoms with van der Waals surface area (Å²) in [7, 11) is 0. The molecule has 25 nitrogen and oxygen atoms in total. The third-order valence-electron chi connectivity index (χ3n) is 3.93. The molecule has 6 atom stereocenters. The maximum atomic E-state index is 10.2. The number of nitrogens with one attached hydrogen (secondary N) is 1. The molecule has 48 heavy (non-hydrogen) atoms.